The van der Waals surface area contributed by atoms with Crippen LogP contribution in [-0.4, -0.2) is 29.3 Å². The molecule has 4 rings (SSSR count). The van der Waals surface area contributed by atoms with E-state index >= 15 is 0 Å². The summed E-state index contributed by atoms with van der Waals surface area (Å²) in [6.07, 6.45) is 5.70. The molecule has 0 amide bonds. The molecule has 0 aliphatic carbocycles. The highest BCUT2D eigenvalue weighted by molar-refractivity contribution is 7.92. The smallest absolute Gasteiger partial charge is 0.263 e. The molecule has 1 aromatic carbocycles. The number of nitrogens with zero attached hydrogens (tertiary/aromatic N) is 3. The fourth-order valence-corrected chi connectivity index (χ4v) is 3.88. The van der Waals surface area contributed by atoms with Crippen molar-refractivity contribution in [2.75, 3.05) is 16.6 Å². The number of rotatable bonds is 7. The summed E-state index contributed by atoms with van der Waals surface area (Å²) >= 11 is 0. The van der Waals surface area contributed by atoms with E-state index < -0.39 is 21.7 Å². The average Bonchev–Trinajstić information content (AvgIpc) is 3.10. The van der Waals surface area contributed by atoms with Gasteiger partial charge in [-0.05, 0) is 36.4 Å². The number of benzene rings is 1. The molecule has 0 fully saturated rings. The molecule has 7 nitrogen and oxygen atoms in total. The first-order chi connectivity index (χ1) is 14.4. The zero-order valence-corrected chi connectivity index (χ0v) is 16.4. The topological polar surface area (TPSA) is 88.4 Å². The second kappa shape index (κ2) is 8.07. The van der Waals surface area contributed by atoms with Gasteiger partial charge in [-0.3, -0.25) is 4.72 Å². The molecule has 0 aliphatic heterocycles. The van der Waals surface area contributed by atoms with Crippen molar-refractivity contribution in [3.8, 4) is 0 Å². The lowest BCUT2D eigenvalue weighted by molar-refractivity contribution is 0.584. The third-order valence-corrected chi connectivity index (χ3v) is 5.63. The van der Waals surface area contributed by atoms with Crippen LogP contribution in [0.5, 0.6) is 0 Å². The summed E-state index contributed by atoms with van der Waals surface area (Å²) in [6, 6.07) is 11.1. The van der Waals surface area contributed by atoms with Crippen molar-refractivity contribution < 1.29 is 17.2 Å². The minimum atomic E-state index is -4.03. The molecule has 154 valence electrons. The number of hydrogen-bond acceptors (Lipinski definition) is 5. The number of halogens is 2. The van der Waals surface area contributed by atoms with E-state index in [0.717, 1.165) is 23.5 Å². The van der Waals surface area contributed by atoms with Crippen LogP contribution >= 0.6 is 0 Å². The lowest BCUT2D eigenvalue weighted by Crippen LogP contribution is -2.14. The van der Waals surface area contributed by atoms with Crippen molar-refractivity contribution in [3.63, 3.8) is 0 Å². The Labute approximate surface area is 171 Å². The Hall–Kier alpha value is -3.53. The Morgan fingerprint density at radius 1 is 1.03 bits per heavy atom. The van der Waals surface area contributed by atoms with E-state index in [1.54, 1.807) is 0 Å². The lowest BCUT2D eigenvalue weighted by atomic mass is 10.3. The Morgan fingerprint density at radius 3 is 2.53 bits per heavy atom. The van der Waals surface area contributed by atoms with Gasteiger partial charge >= 0.3 is 0 Å². The number of imidazole rings is 1. The van der Waals surface area contributed by atoms with Crippen LogP contribution in [0.3, 0.4) is 0 Å². The van der Waals surface area contributed by atoms with E-state index in [-0.39, 0.29) is 10.6 Å². The maximum Gasteiger partial charge on any atom is 0.263 e. The standard InChI is InChI=1S/C20H17F2N5O2S/c21-14-9-15(22)11-17(10-14)26-30(28,29)18-4-5-19(24-12-18)23-7-6-16-13-27-8-2-1-3-20(27)25-16/h1-5,8-13,26H,6-7H2,(H,23,24). The first-order valence-electron chi connectivity index (χ1n) is 9.00. The number of sulfonamides is 1. The summed E-state index contributed by atoms with van der Waals surface area (Å²) < 4.78 is 55.4. The summed E-state index contributed by atoms with van der Waals surface area (Å²) in [5.74, 6) is -1.26. The van der Waals surface area contributed by atoms with Gasteiger partial charge in [-0.15, -0.1) is 0 Å². The van der Waals surface area contributed by atoms with Crippen LogP contribution in [0, 0.1) is 11.6 Å². The summed E-state index contributed by atoms with van der Waals surface area (Å²) in [6.45, 7) is 0.559. The van der Waals surface area contributed by atoms with Crippen molar-refractivity contribution in [3.05, 3.63) is 84.4 Å². The molecule has 30 heavy (non-hydrogen) atoms. The number of anilines is 2. The van der Waals surface area contributed by atoms with E-state index in [1.165, 1.54) is 18.3 Å². The van der Waals surface area contributed by atoms with E-state index in [2.05, 4.69) is 20.0 Å². The predicted octanol–water partition coefficient (Wildman–Crippen LogP) is 3.46. The normalized spacial score (nSPS) is 11.5. The number of aromatic nitrogens is 3. The van der Waals surface area contributed by atoms with Crippen molar-refractivity contribution in [1.82, 2.24) is 14.4 Å². The average molecular weight is 429 g/mol. The Morgan fingerprint density at radius 2 is 1.83 bits per heavy atom. The Bertz CT molecular complexity index is 1240. The molecule has 2 N–H and O–H groups in total. The van der Waals surface area contributed by atoms with Crippen LogP contribution in [0.2, 0.25) is 0 Å². The molecular formula is C20H17F2N5O2S. The zero-order chi connectivity index (χ0) is 21.1. The minimum absolute atomic E-state index is 0.127. The van der Waals surface area contributed by atoms with E-state index in [4.69, 9.17) is 0 Å². The van der Waals surface area contributed by atoms with Gasteiger partial charge in [-0.1, -0.05) is 6.07 Å². The van der Waals surface area contributed by atoms with Gasteiger partial charge in [0.2, 0.25) is 0 Å². The summed E-state index contributed by atoms with van der Waals surface area (Å²) in [5.41, 5.74) is 1.58. The van der Waals surface area contributed by atoms with Gasteiger partial charge in [-0.25, -0.2) is 27.2 Å². The van der Waals surface area contributed by atoms with Gasteiger partial charge in [0, 0.05) is 37.6 Å². The van der Waals surface area contributed by atoms with Gasteiger partial charge in [-0.2, -0.15) is 0 Å². The minimum Gasteiger partial charge on any atom is -0.370 e. The number of nitrogens with one attached hydrogen (secondary N) is 2. The highest BCUT2D eigenvalue weighted by atomic mass is 32.2. The number of pyridine rings is 2. The monoisotopic (exact) mass is 429 g/mol. The van der Waals surface area contributed by atoms with E-state index in [9.17, 15) is 17.2 Å². The molecule has 4 aromatic rings. The maximum absolute atomic E-state index is 13.3. The summed E-state index contributed by atoms with van der Waals surface area (Å²) in [4.78, 5) is 8.47. The van der Waals surface area contributed by atoms with Crippen molar-refractivity contribution >= 4 is 27.2 Å². The second-order valence-corrected chi connectivity index (χ2v) is 8.20. The van der Waals surface area contributed by atoms with Gasteiger partial charge < -0.3 is 9.72 Å². The third kappa shape index (κ3) is 4.54. The van der Waals surface area contributed by atoms with Gasteiger partial charge in [0.1, 0.15) is 28.0 Å². The van der Waals surface area contributed by atoms with Gasteiger partial charge in [0.05, 0.1) is 11.4 Å². The SMILES string of the molecule is O=S(=O)(Nc1cc(F)cc(F)c1)c1ccc(NCCc2cn3ccccc3n2)nc1. The van der Waals surface area contributed by atoms with Crippen molar-refractivity contribution in [2.24, 2.45) is 0 Å². The van der Waals surface area contributed by atoms with E-state index in [0.29, 0.717) is 24.8 Å². The summed E-state index contributed by atoms with van der Waals surface area (Å²) in [7, 11) is -4.03. The summed E-state index contributed by atoms with van der Waals surface area (Å²) in [5, 5.41) is 3.11. The Kier molecular flexibility index (Phi) is 5.32. The van der Waals surface area contributed by atoms with Crippen molar-refractivity contribution in [1.29, 1.82) is 0 Å². The molecule has 10 heteroatoms. The first kappa shape index (κ1) is 19.8. The van der Waals surface area contributed by atoms with Crippen LogP contribution in [0.25, 0.3) is 5.65 Å². The quantitative estimate of drug-likeness (QED) is 0.470. The molecule has 0 spiro atoms. The van der Waals surface area contributed by atoms with E-state index in [1.807, 2.05) is 35.0 Å². The number of hydrogen-bond donors (Lipinski definition) is 2. The molecule has 0 aliphatic rings. The van der Waals surface area contributed by atoms with Crippen LogP contribution < -0.4 is 10.0 Å². The van der Waals surface area contributed by atoms with Crippen LogP contribution in [-0.2, 0) is 16.4 Å². The van der Waals surface area contributed by atoms with Crippen molar-refractivity contribution in [2.45, 2.75) is 11.3 Å². The highest BCUT2D eigenvalue weighted by Gasteiger charge is 2.16. The van der Waals surface area contributed by atoms with Gasteiger partial charge in [0.15, 0.2) is 0 Å². The lowest BCUT2D eigenvalue weighted by Gasteiger charge is -2.09. The molecule has 3 aromatic heterocycles. The fraction of sp³-hybridized carbons (Fsp3) is 0.100. The third-order valence-electron chi connectivity index (χ3n) is 4.26. The molecule has 0 bridgehead atoms. The fourth-order valence-electron chi connectivity index (χ4n) is 2.90. The first-order valence-corrected chi connectivity index (χ1v) is 10.5. The molecule has 3 heterocycles. The van der Waals surface area contributed by atoms with Crippen LogP contribution in [0.4, 0.5) is 20.3 Å². The molecular weight excluding hydrogens is 412 g/mol. The largest absolute Gasteiger partial charge is 0.370 e. The molecule has 0 atom stereocenters. The predicted molar refractivity (Wildman–Crippen MR) is 109 cm³/mol. The number of fused-ring (bicyclic) bond motifs is 1. The zero-order valence-electron chi connectivity index (χ0n) is 15.6. The molecule has 0 unspecified atom stereocenters. The van der Waals surface area contributed by atoms with Gasteiger partial charge in [0.25, 0.3) is 10.0 Å². The molecule has 0 radical (unpaired) electrons. The molecule has 0 saturated heterocycles. The Balaban J connectivity index is 1.38. The van der Waals surface area contributed by atoms with Crippen LogP contribution in [0.15, 0.2) is 72.0 Å². The highest BCUT2D eigenvalue weighted by Crippen LogP contribution is 2.19. The second-order valence-electron chi connectivity index (χ2n) is 6.52. The molecule has 0 saturated carbocycles. The maximum atomic E-state index is 13.3. The van der Waals surface area contributed by atoms with Crippen LogP contribution in [0.1, 0.15) is 5.69 Å².